The van der Waals surface area contributed by atoms with Crippen molar-refractivity contribution in [2.24, 2.45) is 0 Å². The van der Waals surface area contributed by atoms with Crippen LogP contribution in [0.5, 0.6) is 0 Å². The molecule has 0 bridgehead atoms. The molecule has 0 spiro atoms. The van der Waals surface area contributed by atoms with Gasteiger partial charge in [0.05, 0.1) is 0 Å². The highest BCUT2D eigenvalue weighted by atomic mass is 79.9. The summed E-state index contributed by atoms with van der Waals surface area (Å²) < 4.78 is 14.0. The van der Waals surface area contributed by atoms with E-state index < -0.39 is 0 Å². The Kier molecular flexibility index (Phi) is 4.39. The molecule has 1 aromatic carbocycles. The largest absolute Gasteiger partial charge is 0.320 e. The molecule has 0 saturated heterocycles. The molecule has 1 rings (SSSR count). The van der Waals surface area contributed by atoms with E-state index in [4.69, 9.17) is 0 Å². The van der Waals surface area contributed by atoms with Crippen LogP contribution in [-0.2, 0) is 6.42 Å². The third-order valence-electron chi connectivity index (χ3n) is 1.89. The van der Waals surface area contributed by atoms with Crippen LogP contribution in [0.1, 0.15) is 12.0 Å². The first-order chi connectivity index (χ1) is 6.24. The highest BCUT2D eigenvalue weighted by molar-refractivity contribution is 9.10. The summed E-state index contributed by atoms with van der Waals surface area (Å²) in [6.07, 6.45) is 1.76. The molecule has 1 nitrogen and oxygen atoms in total. The molecule has 0 fully saturated rings. The van der Waals surface area contributed by atoms with Gasteiger partial charge in [-0.1, -0.05) is 22.0 Å². The average Bonchev–Trinajstić information content (AvgIpc) is 2.09. The first kappa shape index (κ1) is 10.7. The third kappa shape index (κ3) is 3.44. The van der Waals surface area contributed by atoms with Crippen molar-refractivity contribution in [3.8, 4) is 0 Å². The number of rotatable bonds is 4. The Balaban J connectivity index is 2.56. The van der Waals surface area contributed by atoms with Crippen LogP contribution < -0.4 is 5.32 Å². The molecule has 3 heteroatoms. The minimum absolute atomic E-state index is 0.120. The summed E-state index contributed by atoms with van der Waals surface area (Å²) in [5, 5.41) is 3.04. The summed E-state index contributed by atoms with van der Waals surface area (Å²) in [5.41, 5.74) is 0.790. The SMILES string of the molecule is CNCCCc1ccc(Br)cc1F. The number of halogens is 2. The van der Waals surface area contributed by atoms with Gasteiger partial charge in [0, 0.05) is 4.47 Å². The van der Waals surface area contributed by atoms with Crippen LogP contribution in [0.25, 0.3) is 0 Å². The summed E-state index contributed by atoms with van der Waals surface area (Å²) >= 11 is 3.23. The van der Waals surface area contributed by atoms with Crippen molar-refractivity contribution >= 4 is 15.9 Å². The number of aryl methyl sites for hydroxylation is 1. The molecule has 1 N–H and O–H groups in total. The normalized spacial score (nSPS) is 10.4. The Labute approximate surface area is 86.5 Å². The van der Waals surface area contributed by atoms with Crippen LogP contribution in [0.15, 0.2) is 22.7 Å². The van der Waals surface area contributed by atoms with Gasteiger partial charge < -0.3 is 5.32 Å². The van der Waals surface area contributed by atoms with Gasteiger partial charge in [0.2, 0.25) is 0 Å². The van der Waals surface area contributed by atoms with Gasteiger partial charge in [-0.2, -0.15) is 0 Å². The summed E-state index contributed by atoms with van der Waals surface area (Å²) in [5.74, 6) is -0.120. The molecule has 0 aliphatic carbocycles. The number of hydrogen-bond acceptors (Lipinski definition) is 1. The van der Waals surface area contributed by atoms with Crippen molar-refractivity contribution in [3.05, 3.63) is 34.1 Å². The monoisotopic (exact) mass is 245 g/mol. The van der Waals surface area contributed by atoms with Gasteiger partial charge in [-0.3, -0.25) is 0 Å². The Bertz CT molecular complexity index is 276. The fourth-order valence-electron chi connectivity index (χ4n) is 1.18. The summed E-state index contributed by atoms with van der Waals surface area (Å²) in [6.45, 7) is 0.926. The van der Waals surface area contributed by atoms with Crippen LogP contribution in [0, 0.1) is 5.82 Å². The van der Waals surface area contributed by atoms with Crippen molar-refractivity contribution in [2.45, 2.75) is 12.8 Å². The number of hydrogen-bond donors (Lipinski definition) is 1. The zero-order chi connectivity index (χ0) is 9.68. The minimum Gasteiger partial charge on any atom is -0.320 e. The molecule has 0 saturated carbocycles. The Hall–Kier alpha value is -0.410. The van der Waals surface area contributed by atoms with Gasteiger partial charge in [0.1, 0.15) is 5.82 Å². The smallest absolute Gasteiger partial charge is 0.127 e. The number of benzene rings is 1. The maximum Gasteiger partial charge on any atom is 0.127 e. The van der Waals surface area contributed by atoms with Gasteiger partial charge >= 0.3 is 0 Å². The average molecular weight is 246 g/mol. The maximum absolute atomic E-state index is 13.2. The van der Waals surface area contributed by atoms with Crippen LogP contribution in [-0.4, -0.2) is 13.6 Å². The second kappa shape index (κ2) is 5.35. The zero-order valence-corrected chi connectivity index (χ0v) is 9.20. The van der Waals surface area contributed by atoms with E-state index in [1.54, 1.807) is 0 Å². The third-order valence-corrected chi connectivity index (χ3v) is 2.38. The Morgan fingerprint density at radius 1 is 1.46 bits per heavy atom. The van der Waals surface area contributed by atoms with Gasteiger partial charge in [-0.05, 0) is 44.1 Å². The van der Waals surface area contributed by atoms with Gasteiger partial charge in [-0.25, -0.2) is 4.39 Å². The molecule has 72 valence electrons. The van der Waals surface area contributed by atoms with Crippen LogP contribution in [0.4, 0.5) is 4.39 Å². The van der Waals surface area contributed by atoms with Crippen molar-refractivity contribution in [1.29, 1.82) is 0 Å². The van der Waals surface area contributed by atoms with Gasteiger partial charge in [-0.15, -0.1) is 0 Å². The zero-order valence-electron chi connectivity index (χ0n) is 7.61. The molecule has 0 aromatic heterocycles. The van der Waals surface area contributed by atoms with E-state index >= 15 is 0 Å². The molecule has 0 aliphatic rings. The first-order valence-corrected chi connectivity index (χ1v) is 5.12. The van der Waals surface area contributed by atoms with E-state index in [9.17, 15) is 4.39 Å². The lowest BCUT2D eigenvalue weighted by atomic mass is 10.1. The maximum atomic E-state index is 13.2. The van der Waals surface area contributed by atoms with E-state index in [1.807, 2.05) is 19.2 Å². The highest BCUT2D eigenvalue weighted by Crippen LogP contribution is 2.16. The molecule has 0 radical (unpaired) electrons. The molecule has 0 unspecified atom stereocenters. The first-order valence-electron chi connectivity index (χ1n) is 4.32. The van der Waals surface area contributed by atoms with Crippen molar-refractivity contribution in [1.82, 2.24) is 5.32 Å². The summed E-state index contributed by atoms with van der Waals surface area (Å²) in [7, 11) is 1.90. The predicted molar refractivity (Wildman–Crippen MR) is 56.3 cm³/mol. The van der Waals surface area contributed by atoms with Crippen LogP contribution in [0.2, 0.25) is 0 Å². The predicted octanol–water partition coefficient (Wildman–Crippen LogP) is 2.74. The molecular weight excluding hydrogens is 233 g/mol. The Morgan fingerprint density at radius 3 is 2.85 bits per heavy atom. The lowest BCUT2D eigenvalue weighted by molar-refractivity contribution is 0.600. The van der Waals surface area contributed by atoms with Crippen LogP contribution in [0.3, 0.4) is 0 Å². The highest BCUT2D eigenvalue weighted by Gasteiger charge is 2.01. The molecule has 0 aliphatic heterocycles. The van der Waals surface area contributed by atoms with E-state index in [0.717, 1.165) is 29.4 Å². The summed E-state index contributed by atoms with van der Waals surface area (Å²) in [6, 6.07) is 5.21. The van der Waals surface area contributed by atoms with E-state index in [0.29, 0.717) is 0 Å². The minimum atomic E-state index is -0.120. The molecule has 13 heavy (non-hydrogen) atoms. The quantitative estimate of drug-likeness (QED) is 0.805. The molecule has 0 heterocycles. The van der Waals surface area contributed by atoms with Crippen molar-refractivity contribution in [3.63, 3.8) is 0 Å². The topological polar surface area (TPSA) is 12.0 Å². The Morgan fingerprint density at radius 2 is 2.23 bits per heavy atom. The van der Waals surface area contributed by atoms with E-state index in [-0.39, 0.29) is 5.82 Å². The van der Waals surface area contributed by atoms with Crippen molar-refractivity contribution < 1.29 is 4.39 Å². The fourth-order valence-corrected chi connectivity index (χ4v) is 1.51. The van der Waals surface area contributed by atoms with Gasteiger partial charge in [0.15, 0.2) is 0 Å². The lowest BCUT2D eigenvalue weighted by Crippen LogP contribution is -2.08. The fraction of sp³-hybridized carbons (Fsp3) is 0.400. The van der Waals surface area contributed by atoms with Gasteiger partial charge in [0.25, 0.3) is 0 Å². The summed E-state index contributed by atoms with van der Waals surface area (Å²) in [4.78, 5) is 0. The van der Waals surface area contributed by atoms with Crippen LogP contribution >= 0.6 is 15.9 Å². The molecule has 1 aromatic rings. The van der Waals surface area contributed by atoms with E-state index in [2.05, 4.69) is 21.2 Å². The molecule has 0 amide bonds. The second-order valence-electron chi connectivity index (χ2n) is 2.94. The number of nitrogens with one attached hydrogen (secondary N) is 1. The lowest BCUT2D eigenvalue weighted by Gasteiger charge is -2.03. The van der Waals surface area contributed by atoms with Crippen molar-refractivity contribution in [2.75, 3.05) is 13.6 Å². The van der Waals surface area contributed by atoms with E-state index in [1.165, 1.54) is 6.07 Å². The molecule has 0 atom stereocenters. The molecular formula is C10H13BrFN. The second-order valence-corrected chi connectivity index (χ2v) is 3.86. The standard InChI is InChI=1S/C10H13BrFN/c1-13-6-2-3-8-4-5-9(11)7-10(8)12/h4-5,7,13H,2-3,6H2,1H3.